The summed E-state index contributed by atoms with van der Waals surface area (Å²) in [7, 11) is 0. The third-order valence-corrected chi connectivity index (χ3v) is 4.40. The molecule has 0 aromatic carbocycles. The molecule has 62 valence electrons. The molecule has 1 N–H and O–H groups in total. The molecule has 1 spiro atoms. The van der Waals surface area contributed by atoms with Crippen LogP contribution in [0.25, 0.3) is 0 Å². The molecule has 1 nitrogen and oxygen atoms in total. The third-order valence-electron chi connectivity index (χ3n) is 4.40. The second kappa shape index (κ2) is 2.01. The van der Waals surface area contributed by atoms with Crippen LogP contribution in [0.1, 0.15) is 38.5 Å². The van der Waals surface area contributed by atoms with Crippen molar-refractivity contribution < 1.29 is 0 Å². The zero-order valence-corrected chi connectivity index (χ0v) is 7.10. The molecule has 0 aromatic rings. The molecule has 1 atom stereocenters. The average Bonchev–Trinajstić information content (AvgIpc) is 2.20. The second-order valence-corrected chi connectivity index (χ2v) is 4.75. The largest absolute Gasteiger partial charge is 0.311 e. The average molecular weight is 151 g/mol. The summed E-state index contributed by atoms with van der Waals surface area (Å²) in [6.07, 6.45) is 9.07. The van der Waals surface area contributed by atoms with Gasteiger partial charge in [-0.05, 0) is 43.9 Å². The summed E-state index contributed by atoms with van der Waals surface area (Å²) >= 11 is 0. The van der Waals surface area contributed by atoms with E-state index in [-0.39, 0.29) is 0 Å². The van der Waals surface area contributed by atoms with Crippen LogP contribution in [0.5, 0.6) is 0 Å². The Labute approximate surface area is 68.6 Å². The van der Waals surface area contributed by atoms with E-state index in [0.29, 0.717) is 5.54 Å². The zero-order chi connectivity index (χ0) is 7.31. The minimum absolute atomic E-state index is 0.660. The summed E-state index contributed by atoms with van der Waals surface area (Å²) in [6, 6.07) is 0. The molecule has 0 radical (unpaired) electrons. The molecule has 2 bridgehead atoms. The van der Waals surface area contributed by atoms with Gasteiger partial charge < -0.3 is 5.32 Å². The molecular formula is C10H17N. The Morgan fingerprint density at radius 1 is 1.00 bits per heavy atom. The van der Waals surface area contributed by atoms with Crippen molar-refractivity contribution in [1.82, 2.24) is 5.32 Å². The van der Waals surface area contributed by atoms with Crippen molar-refractivity contribution >= 4 is 0 Å². The van der Waals surface area contributed by atoms with Crippen LogP contribution in [0, 0.1) is 11.8 Å². The highest BCUT2D eigenvalue weighted by Crippen LogP contribution is 2.48. The van der Waals surface area contributed by atoms with E-state index in [1.807, 2.05) is 0 Å². The highest BCUT2D eigenvalue weighted by Gasteiger charge is 2.49. The lowest BCUT2D eigenvalue weighted by Crippen LogP contribution is -2.64. The van der Waals surface area contributed by atoms with Gasteiger partial charge in [0.1, 0.15) is 0 Å². The van der Waals surface area contributed by atoms with E-state index in [9.17, 15) is 0 Å². The molecule has 11 heavy (non-hydrogen) atoms. The van der Waals surface area contributed by atoms with E-state index < -0.39 is 0 Å². The lowest BCUT2D eigenvalue weighted by molar-refractivity contribution is 0.0679. The van der Waals surface area contributed by atoms with Crippen molar-refractivity contribution in [2.45, 2.75) is 44.1 Å². The highest BCUT2D eigenvalue weighted by molar-refractivity contribution is 5.08. The molecule has 3 aliphatic carbocycles. The number of hydrogen-bond donors (Lipinski definition) is 1. The van der Waals surface area contributed by atoms with Gasteiger partial charge in [0, 0.05) is 12.1 Å². The van der Waals surface area contributed by atoms with Gasteiger partial charge in [-0.2, -0.15) is 0 Å². The molecule has 1 heterocycles. The van der Waals surface area contributed by atoms with E-state index in [1.54, 1.807) is 0 Å². The number of nitrogens with one attached hydrogen (secondary N) is 1. The maximum atomic E-state index is 3.69. The lowest BCUT2D eigenvalue weighted by Gasteiger charge is -2.52. The molecular weight excluding hydrogens is 134 g/mol. The molecule has 0 amide bonds. The Morgan fingerprint density at radius 3 is 2.45 bits per heavy atom. The fourth-order valence-corrected chi connectivity index (χ4v) is 3.42. The molecule has 0 aromatic heterocycles. The quantitative estimate of drug-likeness (QED) is 0.558. The fraction of sp³-hybridized carbons (Fsp3) is 1.00. The van der Waals surface area contributed by atoms with Crippen LogP contribution < -0.4 is 5.32 Å². The number of hydrogen-bond acceptors (Lipinski definition) is 1. The van der Waals surface area contributed by atoms with Crippen LogP contribution in [0.2, 0.25) is 0 Å². The Hall–Kier alpha value is -0.0400. The molecule has 4 fully saturated rings. The predicted octanol–water partition coefficient (Wildman–Crippen LogP) is 1.93. The highest BCUT2D eigenvalue weighted by atomic mass is 15.1. The van der Waals surface area contributed by atoms with Gasteiger partial charge in [0.25, 0.3) is 0 Å². The van der Waals surface area contributed by atoms with Crippen LogP contribution in [0.4, 0.5) is 0 Å². The second-order valence-electron chi connectivity index (χ2n) is 4.75. The number of rotatable bonds is 0. The molecule has 1 saturated heterocycles. The summed E-state index contributed by atoms with van der Waals surface area (Å²) in [5.41, 5.74) is 0.660. The van der Waals surface area contributed by atoms with Crippen molar-refractivity contribution in [3.05, 3.63) is 0 Å². The fourth-order valence-electron chi connectivity index (χ4n) is 3.42. The van der Waals surface area contributed by atoms with Crippen LogP contribution in [0.3, 0.4) is 0 Å². The van der Waals surface area contributed by atoms with Crippen LogP contribution >= 0.6 is 0 Å². The van der Waals surface area contributed by atoms with Gasteiger partial charge in [0.15, 0.2) is 0 Å². The Kier molecular flexibility index (Phi) is 1.18. The van der Waals surface area contributed by atoms with E-state index in [2.05, 4.69) is 5.32 Å². The van der Waals surface area contributed by atoms with E-state index >= 15 is 0 Å². The van der Waals surface area contributed by atoms with Crippen LogP contribution in [-0.2, 0) is 0 Å². The maximum absolute atomic E-state index is 3.69. The Morgan fingerprint density at radius 2 is 1.82 bits per heavy atom. The monoisotopic (exact) mass is 151 g/mol. The molecule has 4 aliphatic rings. The van der Waals surface area contributed by atoms with Crippen LogP contribution in [-0.4, -0.2) is 12.1 Å². The topological polar surface area (TPSA) is 12.0 Å². The van der Waals surface area contributed by atoms with Gasteiger partial charge in [0.05, 0.1) is 0 Å². The molecule has 1 unspecified atom stereocenters. The van der Waals surface area contributed by atoms with Crippen molar-refractivity contribution in [1.29, 1.82) is 0 Å². The summed E-state index contributed by atoms with van der Waals surface area (Å²) in [4.78, 5) is 0. The zero-order valence-electron chi connectivity index (χ0n) is 7.10. The van der Waals surface area contributed by atoms with Gasteiger partial charge in [0.2, 0.25) is 0 Å². The third kappa shape index (κ3) is 0.752. The van der Waals surface area contributed by atoms with Crippen LogP contribution in [0.15, 0.2) is 0 Å². The molecule has 1 aliphatic heterocycles. The van der Waals surface area contributed by atoms with E-state index in [0.717, 1.165) is 11.8 Å². The maximum Gasteiger partial charge on any atom is 0.0222 e. The standard InChI is InChI=1S/C10H17N/c1-2-9-7-11-10(9)5-3-8(1)4-6-10/h8-9,11H,1-7H2. The number of fused-ring (bicyclic) bond motifs is 3. The van der Waals surface area contributed by atoms with Crippen molar-refractivity contribution in [2.24, 2.45) is 11.8 Å². The minimum Gasteiger partial charge on any atom is -0.311 e. The summed E-state index contributed by atoms with van der Waals surface area (Å²) in [5, 5.41) is 3.69. The first-order valence-corrected chi connectivity index (χ1v) is 5.14. The summed E-state index contributed by atoms with van der Waals surface area (Å²) in [5.74, 6) is 2.17. The lowest BCUT2D eigenvalue weighted by atomic mass is 9.68. The summed E-state index contributed by atoms with van der Waals surface area (Å²) in [6.45, 7) is 1.33. The smallest absolute Gasteiger partial charge is 0.0222 e. The van der Waals surface area contributed by atoms with E-state index in [4.69, 9.17) is 0 Å². The normalized spacial score (nSPS) is 54.5. The van der Waals surface area contributed by atoms with Gasteiger partial charge in [-0.1, -0.05) is 6.42 Å². The molecule has 4 rings (SSSR count). The SMILES string of the molecule is C1CC2CNC23CCC1CC3. The van der Waals surface area contributed by atoms with Crippen molar-refractivity contribution in [2.75, 3.05) is 6.54 Å². The van der Waals surface area contributed by atoms with Gasteiger partial charge in [-0.3, -0.25) is 0 Å². The Balaban J connectivity index is 1.90. The van der Waals surface area contributed by atoms with Gasteiger partial charge in [-0.15, -0.1) is 0 Å². The first-order valence-electron chi connectivity index (χ1n) is 5.14. The minimum atomic E-state index is 0.660. The van der Waals surface area contributed by atoms with Gasteiger partial charge in [-0.25, -0.2) is 0 Å². The van der Waals surface area contributed by atoms with Crippen molar-refractivity contribution in [3.63, 3.8) is 0 Å². The predicted molar refractivity (Wildman–Crippen MR) is 45.4 cm³/mol. The van der Waals surface area contributed by atoms with Gasteiger partial charge >= 0.3 is 0 Å². The molecule has 3 saturated carbocycles. The van der Waals surface area contributed by atoms with E-state index in [1.165, 1.54) is 45.1 Å². The first-order chi connectivity index (χ1) is 5.39. The molecule has 1 heteroatoms. The summed E-state index contributed by atoms with van der Waals surface area (Å²) < 4.78 is 0. The Bertz CT molecular complexity index is 165. The first kappa shape index (κ1) is 6.47. The van der Waals surface area contributed by atoms with Crippen molar-refractivity contribution in [3.8, 4) is 0 Å².